The quantitative estimate of drug-likeness (QED) is 0.159. The SMILES string of the molecule is COC[C@@H]1NC(=O)[C@H](C)N(Cc2c(F)cc(Cl)cc2Oc2ccc(-c3cnc(CN(C)C)n3C)cc2)C(=O)CC(C2CCC2)C(=O)N2CCC[C@@](Cc3ccc(Cl)cc3)(C2)N(C)C1=O. The average Bonchev–Trinajstić information content (AvgIpc) is 3.60. The van der Waals surface area contributed by atoms with Gasteiger partial charge in [-0.25, -0.2) is 9.37 Å². The van der Waals surface area contributed by atoms with Gasteiger partial charge in [0, 0.05) is 67.8 Å². The lowest BCUT2D eigenvalue weighted by molar-refractivity contribution is -0.154. The first-order chi connectivity index (χ1) is 30.6. The lowest BCUT2D eigenvalue weighted by Gasteiger charge is -2.50. The Labute approximate surface area is 384 Å². The van der Waals surface area contributed by atoms with E-state index in [1.165, 1.54) is 25.0 Å². The number of piperidine rings is 1. The van der Waals surface area contributed by atoms with Crippen LogP contribution in [0.2, 0.25) is 10.0 Å². The van der Waals surface area contributed by atoms with E-state index in [-0.39, 0.29) is 47.7 Å². The van der Waals surface area contributed by atoms with E-state index in [0.717, 1.165) is 48.0 Å². The highest BCUT2D eigenvalue weighted by Crippen LogP contribution is 2.40. The van der Waals surface area contributed by atoms with Crippen LogP contribution in [0.4, 0.5) is 4.39 Å². The number of ether oxygens (including phenoxy) is 2. The number of methoxy groups -OCH3 is 1. The Kier molecular flexibility index (Phi) is 14.7. The van der Waals surface area contributed by atoms with Crippen LogP contribution >= 0.6 is 23.2 Å². The Morgan fingerprint density at radius 3 is 2.33 bits per heavy atom. The molecule has 4 aromatic rings. The first-order valence-electron chi connectivity index (χ1n) is 21.9. The van der Waals surface area contributed by atoms with E-state index in [9.17, 15) is 19.2 Å². The number of halogens is 3. The molecule has 4 atom stereocenters. The monoisotopic (exact) mass is 917 g/mol. The number of hydrogen-bond donors (Lipinski definition) is 1. The molecule has 342 valence electrons. The standard InChI is InChI=1S/C48H58Cl2FN7O6/c1-30-45(60)53-40(28-63-6)47(62)56(5)48(24-31-11-15-34(49)16-12-31)19-8-20-57(29-48)46(61)37(32-9-7-10-32)23-44(59)58(30)26-38-39(51)21-35(50)22-42(38)64-36-17-13-33(14-18-36)41-25-52-43(55(41)4)27-54(2)3/h11-18,21-22,25,30,32,37,40H,7-10,19-20,23-24,26-29H2,1-6H3,(H,53,60)/t30-,37?,40-,48+/m0/s1. The third-order valence-corrected chi connectivity index (χ3v) is 13.7. The summed E-state index contributed by atoms with van der Waals surface area (Å²) >= 11 is 12.7. The van der Waals surface area contributed by atoms with E-state index < -0.39 is 53.6 Å². The van der Waals surface area contributed by atoms with E-state index in [4.69, 9.17) is 32.7 Å². The number of fused-ring (bicyclic) bond motifs is 2. The maximum Gasteiger partial charge on any atom is 0.247 e. The Hall–Kier alpha value is -5.02. The number of nitrogens with one attached hydrogen (secondary N) is 1. The van der Waals surface area contributed by atoms with Crippen LogP contribution in [0, 0.1) is 17.7 Å². The molecule has 0 radical (unpaired) electrons. The molecule has 64 heavy (non-hydrogen) atoms. The van der Waals surface area contributed by atoms with Crippen molar-refractivity contribution in [3.63, 3.8) is 0 Å². The highest BCUT2D eigenvalue weighted by Gasteiger charge is 2.47. The molecule has 1 N–H and O–H groups in total. The predicted octanol–water partition coefficient (Wildman–Crippen LogP) is 7.12. The van der Waals surface area contributed by atoms with Gasteiger partial charge in [-0.05, 0) is 113 Å². The maximum atomic E-state index is 16.3. The zero-order valence-corrected chi connectivity index (χ0v) is 38.9. The van der Waals surface area contributed by atoms with Crippen molar-refractivity contribution in [2.24, 2.45) is 18.9 Å². The summed E-state index contributed by atoms with van der Waals surface area (Å²) in [6.45, 7) is 2.36. The lowest BCUT2D eigenvalue weighted by atomic mass is 9.73. The number of nitrogens with zero attached hydrogens (tertiary/aromatic N) is 6. The minimum Gasteiger partial charge on any atom is -0.457 e. The molecule has 1 aromatic heterocycles. The molecule has 1 saturated carbocycles. The summed E-state index contributed by atoms with van der Waals surface area (Å²) in [5, 5.41) is 3.53. The first-order valence-corrected chi connectivity index (χ1v) is 22.6. The van der Waals surface area contributed by atoms with Crippen LogP contribution in [0.1, 0.15) is 62.4 Å². The van der Waals surface area contributed by atoms with Crippen LogP contribution in [-0.4, -0.2) is 118 Å². The molecule has 3 aliphatic rings. The number of likely N-dealkylation sites (N-methyl/N-ethyl adjacent to an activating group) is 1. The Morgan fingerprint density at radius 2 is 1.67 bits per heavy atom. The van der Waals surface area contributed by atoms with Crippen molar-refractivity contribution >= 4 is 46.8 Å². The van der Waals surface area contributed by atoms with Crippen LogP contribution in [0.3, 0.4) is 0 Å². The second-order valence-electron chi connectivity index (χ2n) is 17.9. The van der Waals surface area contributed by atoms with E-state index in [2.05, 4.69) is 10.3 Å². The minimum atomic E-state index is -1.22. The van der Waals surface area contributed by atoms with Gasteiger partial charge in [0.15, 0.2) is 0 Å². The van der Waals surface area contributed by atoms with E-state index in [0.29, 0.717) is 43.1 Å². The van der Waals surface area contributed by atoms with Gasteiger partial charge in [0.25, 0.3) is 0 Å². The zero-order chi connectivity index (χ0) is 45.9. The van der Waals surface area contributed by atoms with Crippen molar-refractivity contribution in [2.45, 2.75) is 82.6 Å². The fraction of sp³-hybridized carbons (Fsp3) is 0.479. The molecule has 2 bridgehead atoms. The molecule has 2 saturated heterocycles. The number of benzene rings is 3. The first kappa shape index (κ1) is 47.0. The number of hydrogen-bond acceptors (Lipinski definition) is 8. The van der Waals surface area contributed by atoms with Gasteiger partial charge in [0.2, 0.25) is 23.6 Å². The molecule has 7 rings (SSSR count). The van der Waals surface area contributed by atoms with Gasteiger partial charge in [0.1, 0.15) is 35.2 Å². The molecule has 2 aliphatic heterocycles. The highest BCUT2D eigenvalue weighted by molar-refractivity contribution is 6.31. The average molecular weight is 919 g/mol. The number of aromatic nitrogens is 2. The molecule has 3 fully saturated rings. The summed E-state index contributed by atoms with van der Waals surface area (Å²) < 4.78 is 30.1. The molecular weight excluding hydrogens is 860 g/mol. The van der Waals surface area contributed by atoms with Gasteiger partial charge in [0.05, 0.1) is 37.1 Å². The molecular formula is C48H58Cl2FN7O6. The second kappa shape index (κ2) is 20.0. The van der Waals surface area contributed by atoms with Crippen molar-refractivity contribution in [1.29, 1.82) is 0 Å². The molecule has 0 spiro atoms. The number of carbonyl (C=O) groups is 4. The van der Waals surface area contributed by atoms with Crippen LogP contribution in [0.25, 0.3) is 11.3 Å². The van der Waals surface area contributed by atoms with Crippen LogP contribution in [-0.2, 0) is 50.5 Å². The number of rotatable bonds is 12. The van der Waals surface area contributed by atoms with E-state index in [1.54, 1.807) is 36.2 Å². The van der Waals surface area contributed by atoms with Gasteiger partial charge in [-0.15, -0.1) is 0 Å². The Balaban J connectivity index is 1.22. The van der Waals surface area contributed by atoms with Crippen LogP contribution in [0.5, 0.6) is 11.5 Å². The Morgan fingerprint density at radius 1 is 0.953 bits per heavy atom. The van der Waals surface area contributed by atoms with Gasteiger partial charge in [-0.3, -0.25) is 19.2 Å². The molecule has 3 heterocycles. The zero-order valence-electron chi connectivity index (χ0n) is 37.4. The number of carbonyl (C=O) groups excluding carboxylic acids is 4. The minimum absolute atomic E-state index is 0.0126. The normalized spacial score (nSPS) is 22.7. The summed E-state index contributed by atoms with van der Waals surface area (Å²) in [6, 6.07) is 15.0. The molecule has 13 nitrogen and oxygen atoms in total. The lowest BCUT2D eigenvalue weighted by Crippen LogP contribution is -2.66. The molecule has 3 aromatic carbocycles. The van der Waals surface area contributed by atoms with Gasteiger partial charge < -0.3 is 39.0 Å². The summed E-state index contributed by atoms with van der Waals surface area (Å²) in [5.41, 5.74) is 1.90. The van der Waals surface area contributed by atoms with Gasteiger partial charge in [-0.2, -0.15) is 0 Å². The summed E-state index contributed by atoms with van der Waals surface area (Å²) in [4.78, 5) is 70.1. The summed E-state index contributed by atoms with van der Waals surface area (Å²) in [7, 11) is 9.07. The van der Waals surface area contributed by atoms with Gasteiger partial charge in [-0.1, -0.05) is 41.8 Å². The van der Waals surface area contributed by atoms with Crippen molar-refractivity contribution in [3.8, 4) is 22.8 Å². The van der Waals surface area contributed by atoms with Gasteiger partial charge >= 0.3 is 0 Å². The molecule has 16 heteroatoms. The third kappa shape index (κ3) is 10.3. The maximum absolute atomic E-state index is 16.3. The van der Waals surface area contributed by atoms with Crippen molar-refractivity contribution < 1.29 is 33.0 Å². The summed E-state index contributed by atoms with van der Waals surface area (Å²) in [6.07, 6.45) is 5.78. The topological polar surface area (TPSA) is 130 Å². The third-order valence-electron chi connectivity index (χ3n) is 13.3. The van der Waals surface area contributed by atoms with Crippen LogP contribution < -0.4 is 10.1 Å². The summed E-state index contributed by atoms with van der Waals surface area (Å²) in [5.74, 6) is -1.84. The number of imidazole rings is 1. The Bertz CT molecular complexity index is 2340. The highest BCUT2D eigenvalue weighted by atomic mass is 35.5. The van der Waals surface area contributed by atoms with E-state index in [1.807, 2.05) is 66.0 Å². The van der Waals surface area contributed by atoms with Crippen molar-refractivity contribution in [2.75, 3.05) is 47.9 Å². The van der Waals surface area contributed by atoms with Crippen LogP contribution in [0.15, 0.2) is 66.9 Å². The number of amides is 4. The fourth-order valence-corrected chi connectivity index (χ4v) is 9.62. The van der Waals surface area contributed by atoms with Crippen molar-refractivity contribution in [3.05, 3.63) is 99.7 Å². The van der Waals surface area contributed by atoms with Crippen molar-refractivity contribution in [1.82, 2.24) is 34.5 Å². The molecule has 1 unspecified atom stereocenters. The smallest absolute Gasteiger partial charge is 0.247 e. The van der Waals surface area contributed by atoms with E-state index >= 15 is 4.39 Å². The fourth-order valence-electron chi connectivity index (χ4n) is 9.30. The predicted molar refractivity (Wildman–Crippen MR) is 243 cm³/mol. The second-order valence-corrected chi connectivity index (χ2v) is 18.7. The molecule has 1 aliphatic carbocycles. The largest absolute Gasteiger partial charge is 0.457 e. The molecule has 4 amide bonds.